The van der Waals surface area contributed by atoms with Gasteiger partial charge in [0.2, 0.25) is 5.91 Å². The number of nitrogens with zero attached hydrogens (tertiary/aromatic N) is 1. The molecule has 90 valence electrons. The van der Waals surface area contributed by atoms with Crippen molar-refractivity contribution < 1.29 is 14.3 Å². The van der Waals surface area contributed by atoms with Gasteiger partial charge < -0.3 is 9.64 Å². The van der Waals surface area contributed by atoms with E-state index in [4.69, 9.17) is 4.74 Å². The number of rotatable bonds is 3. The van der Waals surface area contributed by atoms with Crippen molar-refractivity contribution in [3.05, 3.63) is 0 Å². The van der Waals surface area contributed by atoms with Gasteiger partial charge in [0.05, 0.1) is 12.5 Å². The standard InChI is InChI=1S/C12H19NO3/c1-2-16-12(15)10-5-7-13(8-6-10)11(14)9-3-4-9/h9-10H,2-8H2,1H3. The summed E-state index contributed by atoms with van der Waals surface area (Å²) in [7, 11) is 0. The van der Waals surface area contributed by atoms with E-state index in [1.807, 2.05) is 11.8 Å². The third-order valence-corrected chi connectivity index (χ3v) is 3.35. The second-order valence-corrected chi connectivity index (χ2v) is 4.63. The summed E-state index contributed by atoms with van der Waals surface area (Å²) in [5, 5.41) is 0. The molecule has 1 amide bonds. The van der Waals surface area contributed by atoms with Crippen LogP contribution in [-0.4, -0.2) is 36.5 Å². The number of carbonyl (C=O) groups is 2. The fourth-order valence-electron chi connectivity index (χ4n) is 2.18. The van der Waals surface area contributed by atoms with E-state index >= 15 is 0 Å². The number of piperidine rings is 1. The van der Waals surface area contributed by atoms with Gasteiger partial charge in [0.15, 0.2) is 0 Å². The van der Waals surface area contributed by atoms with Crippen LogP contribution >= 0.6 is 0 Å². The van der Waals surface area contributed by atoms with Gasteiger partial charge in [0, 0.05) is 19.0 Å². The molecular weight excluding hydrogens is 206 g/mol. The molecule has 0 bridgehead atoms. The Labute approximate surface area is 95.9 Å². The Hall–Kier alpha value is -1.06. The summed E-state index contributed by atoms with van der Waals surface area (Å²) in [6.45, 7) is 3.71. The van der Waals surface area contributed by atoms with Crippen LogP contribution in [0, 0.1) is 11.8 Å². The van der Waals surface area contributed by atoms with Gasteiger partial charge in [-0.2, -0.15) is 0 Å². The fourth-order valence-corrected chi connectivity index (χ4v) is 2.18. The highest BCUT2D eigenvalue weighted by Gasteiger charge is 2.36. The molecule has 1 aliphatic carbocycles. The summed E-state index contributed by atoms with van der Waals surface area (Å²) in [6.07, 6.45) is 3.63. The van der Waals surface area contributed by atoms with Gasteiger partial charge in [-0.25, -0.2) is 0 Å². The molecule has 2 aliphatic rings. The first kappa shape index (κ1) is 11.4. The molecule has 0 atom stereocenters. The zero-order valence-electron chi connectivity index (χ0n) is 9.78. The molecule has 16 heavy (non-hydrogen) atoms. The summed E-state index contributed by atoms with van der Waals surface area (Å²) in [4.78, 5) is 25.2. The lowest BCUT2D eigenvalue weighted by Crippen LogP contribution is -2.41. The third-order valence-electron chi connectivity index (χ3n) is 3.35. The van der Waals surface area contributed by atoms with Crippen LogP contribution in [0.1, 0.15) is 32.6 Å². The summed E-state index contributed by atoms with van der Waals surface area (Å²) in [6, 6.07) is 0. The van der Waals surface area contributed by atoms with Crippen molar-refractivity contribution in [2.45, 2.75) is 32.6 Å². The molecule has 4 heteroatoms. The largest absolute Gasteiger partial charge is 0.466 e. The lowest BCUT2D eigenvalue weighted by Gasteiger charge is -2.31. The average Bonchev–Trinajstić information content (AvgIpc) is 3.12. The molecule has 1 saturated heterocycles. The highest BCUT2D eigenvalue weighted by Crippen LogP contribution is 2.32. The van der Waals surface area contributed by atoms with Crippen LogP contribution in [-0.2, 0) is 14.3 Å². The summed E-state index contributed by atoms with van der Waals surface area (Å²) in [5.41, 5.74) is 0. The monoisotopic (exact) mass is 225 g/mol. The zero-order chi connectivity index (χ0) is 11.5. The first-order valence-electron chi connectivity index (χ1n) is 6.17. The molecule has 0 aromatic carbocycles. The Balaban J connectivity index is 1.77. The molecule has 0 unspecified atom stereocenters. The molecule has 0 aromatic rings. The summed E-state index contributed by atoms with van der Waals surface area (Å²) < 4.78 is 4.99. The van der Waals surface area contributed by atoms with Crippen molar-refractivity contribution in [2.75, 3.05) is 19.7 Å². The lowest BCUT2D eigenvalue weighted by atomic mass is 9.97. The van der Waals surface area contributed by atoms with Gasteiger partial charge in [-0.15, -0.1) is 0 Å². The molecular formula is C12H19NO3. The second-order valence-electron chi connectivity index (χ2n) is 4.63. The van der Waals surface area contributed by atoms with E-state index in [9.17, 15) is 9.59 Å². The van der Waals surface area contributed by atoms with Crippen molar-refractivity contribution >= 4 is 11.9 Å². The smallest absolute Gasteiger partial charge is 0.309 e. The Morgan fingerprint density at radius 3 is 2.25 bits per heavy atom. The van der Waals surface area contributed by atoms with E-state index in [1.165, 1.54) is 0 Å². The predicted octanol–water partition coefficient (Wildman–Crippen LogP) is 1.20. The molecule has 0 spiro atoms. The average molecular weight is 225 g/mol. The van der Waals surface area contributed by atoms with E-state index < -0.39 is 0 Å². The van der Waals surface area contributed by atoms with Crippen molar-refractivity contribution in [3.8, 4) is 0 Å². The van der Waals surface area contributed by atoms with Gasteiger partial charge in [0.1, 0.15) is 0 Å². The minimum atomic E-state index is -0.0963. The molecule has 1 heterocycles. The van der Waals surface area contributed by atoms with Crippen LogP contribution in [0.15, 0.2) is 0 Å². The van der Waals surface area contributed by atoms with Gasteiger partial charge in [-0.05, 0) is 32.6 Å². The molecule has 1 aliphatic heterocycles. The molecule has 2 fully saturated rings. The normalized spacial score (nSPS) is 21.9. The van der Waals surface area contributed by atoms with E-state index in [2.05, 4.69) is 0 Å². The maximum atomic E-state index is 11.8. The number of likely N-dealkylation sites (tertiary alicyclic amines) is 1. The van der Waals surface area contributed by atoms with Crippen LogP contribution in [0.25, 0.3) is 0 Å². The third kappa shape index (κ3) is 2.54. The molecule has 0 radical (unpaired) electrons. The van der Waals surface area contributed by atoms with Crippen molar-refractivity contribution in [3.63, 3.8) is 0 Å². The van der Waals surface area contributed by atoms with Gasteiger partial charge in [-0.1, -0.05) is 0 Å². The minimum absolute atomic E-state index is 0.00297. The Morgan fingerprint density at radius 2 is 1.75 bits per heavy atom. The number of hydrogen-bond acceptors (Lipinski definition) is 3. The van der Waals surface area contributed by atoms with Crippen molar-refractivity contribution in [1.29, 1.82) is 0 Å². The fraction of sp³-hybridized carbons (Fsp3) is 0.833. The Morgan fingerprint density at radius 1 is 1.12 bits per heavy atom. The highest BCUT2D eigenvalue weighted by molar-refractivity contribution is 5.81. The number of carbonyl (C=O) groups excluding carboxylic acids is 2. The first-order valence-corrected chi connectivity index (χ1v) is 6.17. The topological polar surface area (TPSA) is 46.6 Å². The number of amides is 1. The number of hydrogen-bond donors (Lipinski definition) is 0. The van der Waals surface area contributed by atoms with Crippen LogP contribution < -0.4 is 0 Å². The second kappa shape index (κ2) is 4.85. The number of ether oxygens (including phenoxy) is 1. The molecule has 4 nitrogen and oxygen atoms in total. The van der Waals surface area contributed by atoms with Gasteiger partial charge >= 0.3 is 5.97 Å². The quantitative estimate of drug-likeness (QED) is 0.678. The van der Waals surface area contributed by atoms with Crippen LogP contribution in [0.5, 0.6) is 0 Å². The maximum absolute atomic E-state index is 11.8. The molecule has 1 saturated carbocycles. The Bertz CT molecular complexity index is 278. The van der Waals surface area contributed by atoms with Gasteiger partial charge in [0.25, 0.3) is 0 Å². The molecule has 2 rings (SSSR count). The van der Waals surface area contributed by atoms with E-state index in [0.717, 1.165) is 38.8 Å². The molecule has 0 N–H and O–H groups in total. The minimum Gasteiger partial charge on any atom is -0.466 e. The van der Waals surface area contributed by atoms with Crippen LogP contribution in [0.2, 0.25) is 0 Å². The van der Waals surface area contributed by atoms with Crippen molar-refractivity contribution in [2.24, 2.45) is 11.8 Å². The summed E-state index contributed by atoms with van der Waals surface area (Å²) in [5.74, 6) is 0.491. The van der Waals surface area contributed by atoms with Gasteiger partial charge in [-0.3, -0.25) is 9.59 Å². The lowest BCUT2D eigenvalue weighted by molar-refractivity contribution is -0.151. The predicted molar refractivity (Wildman–Crippen MR) is 58.7 cm³/mol. The zero-order valence-corrected chi connectivity index (χ0v) is 9.78. The number of esters is 1. The maximum Gasteiger partial charge on any atom is 0.309 e. The first-order chi connectivity index (χ1) is 7.72. The van der Waals surface area contributed by atoms with Crippen LogP contribution in [0.4, 0.5) is 0 Å². The SMILES string of the molecule is CCOC(=O)C1CCN(C(=O)C2CC2)CC1. The van der Waals surface area contributed by atoms with Crippen LogP contribution in [0.3, 0.4) is 0 Å². The highest BCUT2D eigenvalue weighted by atomic mass is 16.5. The van der Waals surface area contributed by atoms with Crippen molar-refractivity contribution in [1.82, 2.24) is 4.90 Å². The van der Waals surface area contributed by atoms with E-state index in [1.54, 1.807) is 0 Å². The molecule has 0 aromatic heterocycles. The van der Waals surface area contributed by atoms with E-state index in [0.29, 0.717) is 18.4 Å². The van der Waals surface area contributed by atoms with E-state index in [-0.39, 0.29) is 11.9 Å². The summed E-state index contributed by atoms with van der Waals surface area (Å²) >= 11 is 0. The Kier molecular flexibility index (Phi) is 3.46.